The molecule has 1 N–H and O–H groups in total. The van der Waals surface area contributed by atoms with Crippen LogP contribution in [0.15, 0.2) is 71.6 Å². The number of carbonyl (C=O) groups excluding carboxylic acids is 2. The smallest absolute Gasteiger partial charge is 0.264 e. The van der Waals surface area contributed by atoms with Gasteiger partial charge in [0.15, 0.2) is 0 Å². The second-order valence-electron chi connectivity index (χ2n) is 8.93. The molecular formula is C28H31ClFN3O4S. The van der Waals surface area contributed by atoms with Crippen LogP contribution in [0, 0.1) is 19.7 Å². The van der Waals surface area contributed by atoms with E-state index in [4.69, 9.17) is 11.6 Å². The predicted molar refractivity (Wildman–Crippen MR) is 147 cm³/mol. The maximum atomic E-state index is 13.9. The standard InChI is InChI=1S/C28H31ClFN3O4S/c1-5-31-28(35)21(4)32(17-22-11-13-23(30)14-12-22)27(34)18-33(26-8-6-7-25(29)20(26)3)38(36,37)24-15-9-19(2)10-16-24/h6-16,21H,5,17-18H2,1-4H3,(H,31,35). The van der Waals surface area contributed by atoms with Crippen molar-refractivity contribution in [2.45, 2.75) is 45.2 Å². The Kier molecular flexibility index (Phi) is 9.51. The molecule has 202 valence electrons. The molecule has 1 unspecified atom stereocenters. The van der Waals surface area contributed by atoms with Crippen molar-refractivity contribution in [2.24, 2.45) is 0 Å². The zero-order valence-electron chi connectivity index (χ0n) is 21.7. The third-order valence-electron chi connectivity index (χ3n) is 6.18. The number of rotatable bonds is 10. The summed E-state index contributed by atoms with van der Waals surface area (Å²) in [5, 5.41) is 3.04. The molecule has 0 heterocycles. The van der Waals surface area contributed by atoms with E-state index in [2.05, 4.69) is 5.32 Å². The summed E-state index contributed by atoms with van der Waals surface area (Å²) < 4.78 is 42.2. The minimum Gasteiger partial charge on any atom is -0.355 e. The fourth-order valence-electron chi connectivity index (χ4n) is 3.91. The lowest BCUT2D eigenvalue weighted by molar-refractivity contribution is -0.139. The van der Waals surface area contributed by atoms with Crippen molar-refractivity contribution < 1.29 is 22.4 Å². The topological polar surface area (TPSA) is 86.8 Å². The number of amides is 2. The molecule has 3 aromatic carbocycles. The van der Waals surface area contributed by atoms with Crippen molar-refractivity contribution >= 4 is 39.1 Å². The average Bonchev–Trinajstić information content (AvgIpc) is 2.88. The van der Waals surface area contributed by atoms with E-state index >= 15 is 0 Å². The molecule has 0 saturated heterocycles. The van der Waals surface area contributed by atoms with Crippen LogP contribution in [0.2, 0.25) is 5.02 Å². The van der Waals surface area contributed by atoms with Crippen molar-refractivity contribution in [3.8, 4) is 0 Å². The lowest BCUT2D eigenvalue weighted by Crippen LogP contribution is -2.51. The largest absolute Gasteiger partial charge is 0.355 e. The Morgan fingerprint density at radius 3 is 2.24 bits per heavy atom. The van der Waals surface area contributed by atoms with Gasteiger partial charge in [-0.05, 0) is 75.2 Å². The summed E-state index contributed by atoms with van der Waals surface area (Å²) in [6.07, 6.45) is 0. The maximum absolute atomic E-state index is 13.9. The summed E-state index contributed by atoms with van der Waals surface area (Å²) in [6.45, 7) is 6.59. The quantitative estimate of drug-likeness (QED) is 0.385. The zero-order valence-corrected chi connectivity index (χ0v) is 23.3. The molecule has 38 heavy (non-hydrogen) atoms. The van der Waals surface area contributed by atoms with Crippen LogP contribution in [-0.2, 0) is 26.2 Å². The van der Waals surface area contributed by atoms with E-state index in [-0.39, 0.29) is 17.1 Å². The Morgan fingerprint density at radius 2 is 1.63 bits per heavy atom. The van der Waals surface area contributed by atoms with Crippen LogP contribution in [0.5, 0.6) is 0 Å². The number of sulfonamides is 1. The van der Waals surface area contributed by atoms with Crippen LogP contribution in [-0.4, -0.2) is 44.3 Å². The first kappa shape index (κ1) is 29.1. The summed E-state index contributed by atoms with van der Waals surface area (Å²) in [4.78, 5) is 27.8. The molecule has 0 aliphatic carbocycles. The monoisotopic (exact) mass is 559 g/mol. The second kappa shape index (κ2) is 12.4. The number of halogens is 2. The molecule has 0 aliphatic rings. The molecule has 0 aliphatic heterocycles. The van der Waals surface area contributed by atoms with Gasteiger partial charge in [0.25, 0.3) is 10.0 Å². The molecule has 7 nitrogen and oxygen atoms in total. The maximum Gasteiger partial charge on any atom is 0.264 e. The summed E-state index contributed by atoms with van der Waals surface area (Å²) in [6, 6.07) is 15.8. The van der Waals surface area contributed by atoms with Gasteiger partial charge in [0.1, 0.15) is 18.4 Å². The molecule has 0 bridgehead atoms. The fourth-order valence-corrected chi connectivity index (χ4v) is 5.55. The number of nitrogens with one attached hydrogen (secondary N) is 1. The number of carbonyl (C=O) groups is 2. The molecule has 10 heteroatoms. The molecule has 2 amide bonds. The van der Waals surface area contributed by atoms with E-state index in [1.165, 1.54) is 41.3 Å². The van der Waals surface area contributed by atoms with E-state index < -0.39 is 40.2 Å². The normalized spacial score (nSPS) is 12.1. The lowest BCUT2D eigenvalue weighted by Gasteiger charge is -2.32. The highest BCUT2D eigenvalue weighted by Crippen LogP contribution is 2.31. The molecule has 3 rings (SSSR count). The van der Waals surface area contributed by atoms with Crippen LogP contribution in [0.3, 0.4) is 0 Å². The number of likely N-dealkylation sites (N-methyl/N-ethyl adjacent to an activating group) is 1. The number of benzene rings is 3. The molecule has 0 aromatic heterocycles. The molecule has 1 atom stereocenters. The zero-order chi connectivity index (χ0) is 28.0. The van der Waals surface area contributed by atoms with Crippen LogP contribution in [0.25, 0.3) is 0 Å². The van der Waals surface area contributed by atoms with Crippen molar-refractivity contribution in [1.29, 1.82) is 0 Å². The van der Waals surface area contributed by atoms with E-state index in [0.29, 0.717) is 22.7 Å². The first-order chi connectivity index (χ1) is 17.9. The van der Waals surface area contributed by atoms with Crippen molar-refractivity contribution in [3.05, 3.63) is 94.3 Å². The predicted octanol–water partition coefficient (Wildman–Crippen LogP) is 4.84. The van der Waals surface area contributed by atoms with E-state index in [1.54, 1.807) is 51.1 Å². The van der Waals surface area contributed by atoms with E-state index in [1.807, 2.05) is 6.92 Å². The molecule has 0 spiro atoms. The third kappa shape index (κ3) is 6.71. The average molecular weight is 560 g/mol. The number of hydrogen-bond acceptors (Lipinski definition) is 4. The van der Waals surface area contributed by atoms with Gasteiger partial charge in [0, 0.05) is 18.1 Å². The second-order valence-corrected chi connectivity index (χ2v) is 11.2. The summed E-state index contributed by atoms with van der Waals surface area (Å²) >= 11 is 6.32. The first-order valence-corrected chi connectivity index (χ1v) is 13.9. The highest BCUT2D eigenvalue weighted by molar-refractivity contribution is 7.92. The number of hydrogen-bond donors (Lipinski definition) is 1. The highest BCUT2D eigenvalue weighted by Gasteiger charge is 2.33. The minimum atomic E-state index is -4.20. The van der Waals surface area contributed by atoms with E-state index in [0.717, 1.165) is 9.87 Å². The Labute approximate surface area is 228 Å². The summed E-state index contributed by atoms with van der Waals surface area (Å²) in [5.74, 6) is -1.44. The minimum absolute atomic E-state index is 0.0112. The van der Waals surface area contributed by atoms with Gasteiger partial charge in [-0.2, -0.15) is 0 Å². The van der Waals surface area contributed by atoms with Gasteiger partial charge in [-0.1, -0.05) is 47.5 Å². The number of nitrogens with zero attached hydrogens (tertiary/aromatic N) is 2. The van der Waals surface area contributed by atoms with Crippen molar-refractivity contribution in [1.82, 2.24) is 10.2 Å². The van der Waals surface area contributed by atoms with Gasteiger partial charge in [-0.3, -0.25) is 13.9 Å². The van der Waals surface area contributed by atoms with E-state index in [9.17, 15) is 22.4 Å². The van der Waals surface area contributed by atoms with Gasteiger partial charge in [-0.15, -0.1) is 0 Å². The fraction of sp³-hybridized carbons (Fsp3) is 0.286. The molecular weight excluding hydrogens is 529 g/mol. The Balaban J connectivity index is 2.07. The lowest BCUT2D eigenvalue weighted by atomic mass is 10.1. The first-order valence-electron chi connectivity index (χ1n) is 12.1. The Bertz CT molecular complexity index is 1400. The van der Waals surface area contributed by atoms with Gasteiger partial charge >= 0.3 is 0 Å². The van der Waals surface area contributed by atoms with Gasteiger partial charge < -0.3 is 10.2 Å². The van der Waals surface area contributed by atoms with Gasteiger partial charge in [0.2, 0.25) is 11.8 Å². The van der Waals surface area contributed by atoms with Crippen LogP contribution < -0.4 is 9.62 Å². The van der Waals surface area contributed by atoms with Crippen molar-refractivity contribution in [2.75, 3.05) is 17.4 Å². The van der Waals surface area contributed by atoms with Crippen LogP contribution in [0.1, 0.15) is 30.5 Å². The van der Waals surface area contributed by atoms with Crippen molar-refractivity contribution in [3.63, 3.8) is 0 Å². The Hall–Kier alpha value is -3.43. The number of anilines is 1. The summed E-state index contributed by atoms with van der Waals surface area (Å²) in [7, 11) is -4.20. The summed E-state index contributed by atoms with van der Waals surface area (Å²) in [5.41, 5.74) is 2.20. The SMILES string of the molecule is CCNC(=O)C(C)N(Cc1ccc(F)cc1)C(=O)CN(c1cccc(Cl)c1C)S(=O)(=O)c1ccc(C)cc1. The van der Waals surface area contributed by atoms with Gasteiger partial charge in [0.05, 0.1) is 10.6 Å². The van der Waals surface area contributed by atoms with Gasteiger partial charge in [-0.25, -0.2) is 12.8 Å². The Morgan fingerprint density at radius 1 is 1.00 bits per heavy atom. The molecule has 0 saturated carbocycles. The third-order valence-corrected chi connectivity index (χ3v) is 8.36. The molecule has 0 fully saturated rings. The van der Waals surface area contributed by atoms with Crippen LogP contribution in [0.4, 0.5) is 10.1 Å². The molecule has 3 aromatic rings. The molecule has 0 radical (unpaired) electrons. The van der Waals surface area contributed by atoms with Crippen LogP contribution >= 0.6 is 11.6 Å². The highest BCUT2D eigenvalue weighted by atomic mass is 35.5. The number of aryl methyl sites for hydroxylation is 1.